The standard InChI is InChI=1S/C15H28N4O/c1-11(2)15(3,10-17)18-14(20)9-19(4)13-7-5-6-12(13)8-16/h11-13H,5-9,16H2,1-4H3,(H,18,20). The highest BCUT2D eigenvalue weighted by Crippen LogP contribution is 2.28. The molecular formula is C15H28N4O. The lowest BCUT2D eigenvalue weighted by Gasteiger charge is -2.31. The Morgan fingerprint density at radius 3 is 2.70 bits per heavy atom. The summed E-state index contributed by atoms with van der Waals surface area (Å²) >= 11 is 0. The smallest absolute Gasteiger partial charge is 0.235 e. The fourth-order valence-corrected chi connectivity index (χ4v) is 2.85. The Bertz CT molecular complexity index is 377. The van der Waals surface area contributed by atoms with E-state index in [4.69, 9.17) is 5.73 Å². The Morgan fingerprint density at radius 1 is 1.55 bits per heavy atom. The van der Waals surface area contributed by atoms with Crippen molar-refractivity contribution < 1.29 is 4.79 Å². The lowest BCUT2D eigenvalue weighted by atomic mass is 9.90. The molecule has 0 heterocycles. The van der Waals surface area contributed by atoms with E-state index in [1.807, 2.05) is 20.9 Å². The molecule has 1 amide bonds. The van der Waals surface area contributed by atoms with Gasteiger partial charge in [0.05, 0.1) is 12.6 Å². The molecule has 1 aliphatic carbocycles. The molecule has 0 aliphatic heterocycles. The maximum absolute atomic E-state index is 12.1. The van der Waals surface area contributed by atoms with Gasteiger partial charge in [0.15, 0.2) is 0 Å². The van der Waals surface area contributed by atoms with E-state index >= 15 is 0 Å². The van der Waals surface area contributed by atoms with Crippen molar-refractivity contribution in [3.05, 3.63) is 0 Å². The minimum atomic E-state index is -0.805. The summed E-state index contributed by atoms with van der Waals surface area (Å²) in [6, 6.07) is 2.59. The molecule has 114 valence electrons. The first-order chi connectivity index (χ1) is 9.34. The third kappa shape index (κ3) is 3.94. The average molecular weight is 280 g/mol. The van der Waals surface area contributed by atoms with Gasteiger partial charge in [-0.3, -0.25) is 9.69 Å². The topological polar surface area (TPSA) is 82.2 Å². The molecule has 0 aromatic heterocycles. The quantitative estimate of drug-likeness (QED) is 0.763. The van der Waals surface area contributed by atoms with Gasteiger partial charge in [-0.05, 0) is 45.2 Å². The molecule has 1 saturated carbocycles. The van der Waals surface area contributed by atoms with Gasteiger partial charge in [0, 0.05) is 6.04 Å². The van der Waals surface area contributed by atoms with E-state index in [9.17, 15) is 10.1 Å². The first kappa shape index (κ1) is 16.9. The van der Waals surface area contributed by atoms with Gasteiger partial charge in [-0.1, -0.05) is 20.3 Å². The van der Waals surface area contributed by atoms with E-state index in [0.29, 0.717) is 25.0 Å². The molecule has 0 saturated heterocycles. The highest BCUT2D eigenvalue weighted by atomic mass is 16.2. The number of nitrogens with zero attached hydrogens (tertiary/aromatic N) is 2. The predicted octanol–water partition coefficient (Wildman–Crippen LogP) is 1.10. The maximum Gasteiger partial charge on any atom is 0.235 e. The number of carbonyl (C=O) groups excluding carboxylic acids is 1. The summed E-state index contributed by atoms with van der Waals surface area (Å²) in [5, 5.41) is 12.1. The number of nitrogens with two attached hydrogens (primary N) is 1. The first-order valence-corrected chi connectivity index (χ1v) is 7.46. The lowest BCUT2D eigenvalue weighted by molar-refractivity contribution is -0.124. The first-order valence-electron chi connectivity index (χ1n) is 7.46. The van der Waals surface area contributed by atoms with Crippen molar-refractivity contribution in [3.8, 4) is 6.07 Å². The van der Waals surface area contributed by atoms with E-state index in [2.05, 4.69) is 16.3 Å². The summed E-state index contributed by atoms with van der Waals surface area (Å²) in [5.41, 5.74) is 4.98. The van der Waals surface area contributed by atoms with E-state index < -0.39 is 5.54 Å². The Hall–Kier alpha value is -1.12. The van der Waals surface area contributed by atoms with Crippen molar-refractivity contribution in [3.63, 3.8) is 0 Å². The number of rotatable bonds is 6. The molecule has 0 aromatic carbocycles. The van der Waals surface area contributed by atoms with Crippen molar-refractivity contribution in [2.75, 3.05) is 20.1 Å². The molecule has 0 spiro atoms. The van der Waals surface area contributed by atoms with Crippen LogP contribution in [0.1, 0.15) is 40.0 Å². The van der Waals surface area contributed by atoms with Gasteiger partial charge in [0.1, 0.15) is 5.54 Å². The minimum absolute atomic E-state index is 0.0741. The third-order valence-electron chi connectivity index (χ3n) is 4.67. The summed E-state index contributed by atoms with van der Waals surface area (Å²) < 4.78 is 0. The number of hydrogen-bond acceptors (Lipinski definition) is 4. The normalized spacial score (nSPS) is 25.5. The van der Waals surface area contributed by atoms with Gasteiger partial charge in [-0.15, -0.1) is 0 Å². The van der Waals surface area contributed by atoms with Crippen molar-refractivity contribution in [2.24, 2.45) is 17.6 Å². The number of likely N-dealkylation sites (N-methyl/N-ethyl adjacent to an activating group) is 1. The zero-order valence-electron chi connectivity index (χ0n) is 13.1. The summed E-state index contributed by atoms with van der Waals surface area (Å²) in [7, 11) is 1.97. The Kier molecular flexibility index (Phi) is 5.97. The lowest BCUT2D eigenvalue weighted by Crippen LogP contribution is -2.52. The number of hydrogen-bond donors (Lipinski definition) is 2. The van der Waals surface area contributed by atoms with Crippen LogP contribution in [-0.4, -0.2) is 42.5 Å². The van der Waals surface area contributed by atoms with Crippen LogP contribution in [-0.2, 0) is 4.79 Å². The van der Waals surface area contributed by atoms with E-state index in [1.54, 1.807) is 6.92 Å². The molecule has 1 aliphatic rings. The summed E-state index contributed by atoms with van der Waals surface area (Å²) in [5.74, 6) is 0.471. The van der Waals surface area contributed by atoms with E-state index in [0.717, 1.165) is 12.8 Å². The van der Waals surface area contributed by atoms with Crippen LogP contribution < -0.4 is 11.1 Å². The molecule has 20 heavy (non-hydrogen) atoms. The van der Waals surface area contributed by atoms with Crippen LogP contribution in [0.4, 0.5) is 0 Å². The van der Waals surface area contributed by atoms with Crippen molar-refractivity contribution in [2.45, 2.75) is 51.6 Å². The van der Waals surface area contributed by atoms with E-state index in [-0.39, 0.29) is 11.8 Å². The SMILES string of the molecule is CC(C)C(C)(C#N)NC(=O)CN(C)C1CCCC1CN. The van der Waals surface area contributed by atoms with Crippen LogP contribution in [0.25, 0.3) is 0 Å². The fraction of sp³-hybridized carbons (Fsp3) is 0.867. The van der Waals surface area contributed by atoms with Crippen LogP contribution in [0, 0.1) is 23.2 Å². The number of amides is 1. The molecule has 5 nitrogen and oxygen atoms in total. The zero-order chi connectivity index (χ0) is 15.3. The number of carbonyl (C=O) groups is 1. The summed E-state index contributed by atoms with van der Waals surface area (Å²) in [6.45, 7) is 6.65. The van der Waals surface area contributed by atoms with Crippen LogP contribution >= 0.6 is 0 Å². The molecule has 3 atom stereocenters. The second kappa shape index (κ2) is 7.05. The Balaban J connectivity index is 2.56. The molecule has 0 radical (unpaired) electrons. The largest absolute Gasteiger partial charge is 0.337 e. The molecule has 0 bridgehead atoms. The monoisotopic (exact) mass is 280 g/mol. The highest BCUT2D eigenvalue weighted by Gasteiger charge is 2.33. The molecule has 0 aromatic rings. The van der Waals surface area contributed by atoms with Crippen molar-refractivity contribution in [1.82, 2.24) is 10.2 Å². The van der Waals surface area contributed by atoms with Crippen LogP contribution in [0.5, 0.6) is 0 Å². The zero-order valence-corrected chi connectivity index (χ0v) is 13.1. The predicted molar refractivity (Wildman–Crippen MR) is 79.8 cm³/mol. The molecule has 1 fully saturated rings. The third-order valence-corrected chi connectivity index (χ3v) is 4.67. The molecule has 5 heteroatoms. The summed E-state index contributed by atoms with van der Waals surface area (Å²) in [4.78, 5) is 14.2. The Labute approximate surface area is 122 Å². The Morgan fingerprint density at radius 2 is 2.20 bits per heavy atom. The van der Waals surface area contributed by atoms with Gasteiger partial charge < -0.3 is 11.1 Å². The van der Waals surface area contributed by atoms with Crippen LogP contribution in [0.15, 0.2) is 0 Å². The average Bonchev–Trinajstić information content (AvgIpc) is 2.86. The van der Waals surface area contributed by atoms with Gasteiger partial charge in [0.25, 0.3) is 0 Å². The fourth-order valence-electron chi connectivity index (χ4n) is 2.85. The number of nitrogens with one attached hydrogen (secondary N) is 1. The van der Waals surface area contributed by atoms with Crippen LogP contribution in [0.3, 0.4) is 0 Å². The second-order valence-electron chi connectivity index (χ2n) is 6.43. The summed E-state index contributed by atoms with van der Waals surface area (Å²) in [6.07, 6.45) is 3.43. The van der Waals surface area contributed by atoms with Gasteiger partial charge in [0.2, 0.25) is 5.91 Å². The van der Waals surface area contributed by atoms with Gasteiger partial charge in [-0.2, -0.15) is 5.26 Å². The molecule has 3 unspecified atom stereocenters. The molecular weight excluding hydrogens is 252 g/mol. The van der Waals surface area contributed by atoms with Crippen molar-refractivity contribution in [1.29, 1.82) is 5.26 Å². The highest BCUT2D eigenvalue weighted by molar-refractivity contribution is 5.79. The van der Waals surface area contributed by atoms with Crippen LogP contribution in [0.2, 0.25) is 0 Å². The van der Waals surface area contributed by atoms with Gasteiger partial charge >= 0.3 is 0 Å². The second-order valence-corrected chi connectivity index (χ2v) is 6.43. The van der Waals surface area contributed by atoms with E-state index in [1.165, 1.54) is 6.42 Å². The number of nitriles is 1. The van der Waals surface area contributed by atoms with Crippen molar-refractivity contribution >= 4 is 5.91 Å². The van der Waals surface area contributed by atoms with Gasteiger partial charge in [-0.25, -0.2) is 0 Å². The molecule has 1 rings (SSSR count). The molecule has 3 N–H and O–H groups in total. The maximum atomic E-state index is 12.1. The minimum Gasteiger partial charge on any atom is -0.337 e.